The highest BCUT2D eigenvalue weighted by Gasteiger charge is 2.20. The number of carbonyl (C=O) groups is 2. The molecule has 3 rings (SSSR count). The maximum atomic E-state index is 12.4. The number of hydrogen-bond acceptors (Lipinski definition) is 2. The van der Waals surface area contributed by atoms with E-state index in [0.29, 0.717) is 27.2 Å². The smallest absolute Gasteiger partial charge is 0.296 e. The van der Waals surface area contributed by atoms with Crippen molar-refractivity contribution in [2.24, 2.45) is 0 Å². The number of fused-ring (bicyclic) bond motifs is 1. The summed E-state index contributed by atoms with van der Waals surface area (Å²) in [4.78, 5) is 27.6. The highest BCUT2D eigenvalue weighted by molar-refractivity contribution is 9.10. The third-order valence-corrected chi connectivity index (χ3v) is 4.36. The molecule has 0 fully saturated rings. The summed E-state index contributed by atoms with van der Waals surface area (Å²) in [5, 5.41) is 3.85. The fourth-order valence-electron chi connectivity index (χ4n) is 2.31. The molecule has 23 heavy (non-hydrogen) atoms. The van der Waals surface area contributed by atoms with Gasteiger partial charge in [-0.1, -0.05) is 23.7 Å². The average molecular weight is 392 g/mol. The first kappa shape index (κ1) is 15.8. The summed E-state index contributed by atoms with van der Waals surface area (Å²) >= 11 is 9.29. The number of benzene rings is 2. The Hall–Kier alpha value is -2.11. The van der Waals surface area contributed by atoms with Crippen LogP contribution in [0.4, 0.5) is 5.69 Å². The maximum Gasteiger partial charge on any atom is 0.296 e. The number of carbonyl (C=O) groups excluding carboxylic acids is 2. The molecule has 0 saturated carbocycles. The number of H-pyrrole nitrogens is 1. The first-order valence-electron chi connectivity index (χ1n) is 6.84. The van der Waals surface area contributed by atoms with Gasteiger partial charge >= 0.3 is 0 Å². The van der Waals surface area contributed by atoms with Crippen LogP contribution in [-0.4, -0.2) is 16.7 Å². The molecule has 1 amide bonds. The lowest BCUT2D eigenvalue weighted by Crippen LogP contribution is -2.22. The van der Waals surface area contributed by atoms with E-state index in [1.807, 2.05) is 19.1 Å². The molecular formula is C17H12BrClN2O2. The predicted molar refractivity (Wildman–Crippen MR) is 95.1 cm³/mol. The summed E-state index contributed by atoms with van der Waals surface area (Å²) in [5.41, 5.74) is 2.63. The summed E-state index contributed by atoms with van der Waals surface area (Å²) in [6.45, 7) is 1.94. The van der Waals surface area contributed by atoms with Crippen LogP contribution in [0.2, 0.25) is 5.02 Å². The molecule has 0 aliphatic rings. The van der Waals surface area contributed by atoms with Gasteiger partial charge in [0.1, 0.15) is 0 Å². The Balaban J connectivity index is 1.88. The topological polar surface area (TPSA) is 62.0 Å². The van der Waals surface area contributed by atoms with Gasteiger partial charge in [0.25, 0.3) is 11.7 Å². The Morgan fingerprint density at radius 1 is 1.17 bits per heavy atom. The molecule has 0 unspecified atom stereocenters. The molecule has 4 nitrogen and oxygen atoms in total. The molecule has 0 aliphatic heterocycles. The summed E-state index contributed by atoms with van der Waals surface area (Å²) in [6.07, 6.45) is 1.52. The van der Waals surface area contributed by atoms with E-state index >= 15 is 0 Å². The highest BCUT2D eigenvalue weighted by Crippen LogP contribution is 2.25. The molecule has 6 heteroatoms. The van der Waals surface area contributed by atoms with Gasteiger partial charge in [0.15, 0.2) is 0 Å². The van der Waals surface area contributed by atoms with E-state index in [4.69, 9.17) is 11.6 Å². The van der Waals surface area contributed by atoms with E-state index in [-0.39, 0.29) is 0 Å². The van der Waals surface area contributed by atoms with E-state index in [9.17, 15) is 9.59 Å². The van der Waals surface area contributed by atoms with Crippen molar-refractivity contribution in [1.29, 1.82) is 0 Å². The van der Waals surface area contributed by atoms with E-state index < -0.39 is 11.7 Å². The minimum atomic E-state index is -0.689. The Labute approximate surface area is 146 Å². The molecule has 0 saturated heterocycles. The quantitative estimate of drug-likeness (QED) is 0.501. The van der Waals surface area contributed by atoms with Crippen molar-refractivity contribution in [2.45, 2.75) is 6.92 Å². The van der Waals surface area contributed by atoms with E-state index in [0.717, 1.165) is 10.0 Å². The number of hydrogen-bond donors (Lipinski definition) is 2. The zero-order valence-corrected chi connectivity index (χ0v) is 14.5. The summed E-state index contributed by atoms with van der Waals surface area (Å²) in [5.74, 6) is -1.29. The molecule has 0 atom stereocenters. The highest BCUT2D eigenvalue weighted by atomic mass is 79.9. The maximum absolute atomic E-state index is 12.4. The van der Waals surface area contributed by atoms with Crippen LogP contribution in [0.1, 0.15) is 15.9 Å². The molecule has 0 aliphatic carbocycles. The van der Waals surface area contributed by atoms with Crippen molar-refractivity contribution in [3.05, 3.63) is 63.2 Å². The summed E-state index contributed by atoms with van der Waals surface area (Å²) < 4.78 is 0.726. The van der Waals surface area contributed by atoms with Gasteiger partial charge in [-0.2, -0.15) is 0 Å². The zero-order chi connectivity index (χ0) is 16.6. The Kier molecular flexibility index (Phi) is 4.24. The van der Waals surface area contributed by atoms with E-state index in [1.165, 1.54) is 6.20 Å². The van der Waals surface area contributed by atoms with Crippen molar-refractivity contribution >= 4 is 55.8 Å². The second kappa shape index (κ2) is 6.18. The van der Waals surface area contributed by atoms with Gasteiger partial charge in [0, 0.05) is 26.6 Å². The second-order valence-corrected chi connectivity index (χ2v) is 6.45. The number of ketones is 1. The van der Waals surface area contributed by atoms with Gasteiger partial charge in [0.05, 0.1) is 11.3 Å². The predicted octanol–water partition coefficient (Wildman–Crippen LogP) is 4.71. The van der Waals surface area contributed by atoms with Gasteiger partial charge in [-0.3, -0.25) is 9.59 Å². The Morgan fingerprint density at radius 3 is 2.70 bits per heavy atom. The Bertz CT molecular complexity index is 933. The summed E-state index contributed by atoms with van der Waals surface area (Å²) in [7, 11) is 0. The molecule has 0 radical (unpaired) electrons. The third kappa shape index (κ3) is 3.16. The van der Waals surface area contributed by atoms with Gasteiger partial charge in [-0.05, 0) is 52.7 Å². The van der Waals surface area contributed by atoms with Gasteiger partial charge < -0.3 is 10.3 Å². The largest absolute Gasteiger partial charge is 0.360 e. The number of aromatic amines is 1. The lowest BCUT2D eigenvalue weighted by molar-refractivity contribution is -0.112. The minimum Gasteiger partial charge on any atom is -0.360 e. The number of amides is 1. The first-order chi connectivity index (χ1) is 11.0. The third-order valence-electron chi connectivity index (χ3n) is 3.47. The van der Waals surface area contributed by atoms with Crippen molar-refractivity contribution < 1.29 is 9.59 Å². The van der Waals surface area contributed by atoms with Gasteiger partial charge in [-0.15, -0.1) is 0 Å². The van der Waals surface area contributed by atoms with Crippen LogP contribution < -0.4 is 5.32 Å². The molecule has 0 spiro atoms. The van der Waals surface area contributed by atoms with E-state index in [2.05, 4.69) is 26.2 Å². The molecular weight excluding hydrogens is 380 g/mol. The lowest BCUT2D eigenvalue weighted by Gasteiger charge is -2.07. The van der Waals surface area contributed by atoms with Crippen LogP contribution in [0.15, 0.2) is 47.1 Å². The van der Waals surface area contributed by atoms with Crippen LogP contribution >= 0.6 is 27.5 Å². The lowest BCUT2D eigenvalue weighted by atomic mass is 10.1. The molecule has 1 aromatic heterocycles. The van der Waals surface area contributed by atoms with E-state index in [1.54, 1.807) is 24.3 Å². The van der Waals surface area contributed by atoms with Gasteiger partial charge in [-0.25, -0.2) is 0 Å². The standard InChI is InChI=1S/C17H12BrClN2O2/c1-9-2-5-14(13(18)6-9)21-17(23)16(22)12-8-20-15-7-10(19)3-4-11(12)15/h2-8,20H,1H3,(H,21,23). The first-order valence-corrected chi connectivity index (χ1v) is 8.01. The second-order valence-electron chi connectivity index (χ2n) is 5.16. The SMILES string of the molecule is Cc1ccc(NC(=O)C(=O)c2c[nH]c3cc(Cl)ccc23)c(Br)c1. The average Bonchev–Trinajstić information content (AvgIpc) is 2.92. The minimum absolute atomic E-state index is 0.317. The van der Waals surface area contributed by atoms with Crippen LogP contribution in [-0.2, 0) is 4.79 Å². The molecule has 2 N–H and O–H groups in total. The number of rotatable bonds is 3. The number of nitrogens with one attached hydrogen (secondary N) is 2. The normalized spacial score (nSPS) is 10.7. The summed E-state index contributed by atoms with van der Waals surface area (Å²) in [6, 6.07) is 10.6. The van der Waals surface area contributed by atoms with Crippen molar-refractivity contribution in [1.82, 2.24) is 4.98 Å². The zero-order valence-electron chi connectivity index (χ0n) is 12.1. The molecule has 1 heterocycles. The van der Waals surface area contributed by atoms with Crippen LogP contribution in [0.5, 0.6) is 0 Å². The number of Topliss-reactive ketones (excluding diaryl/α,β-unsaturated/α-hetero) is 1. The molecule has 3 aromatic rings. The van der Waals surface area contributed by atoms with Crippen LogP contribution in [0, 0.1) is 6.92 Å². The molecule has 2 aromatic carbocycles. The van der Waals surface area contributed by atoms with Crippen molar-refractivity contribution in [2.75, 3.05) is 5.32 Å². The fourth-order valence-corrected chi connectivity index (χ4v) is 3.07. The number of anilines is 1. The fraction of sp³-hybridized carbons (Fsp3) is 0.0588. The monoisotopic (exact) mass is 390 g/mol. The molecule has 0 bridgehead atoms. The van der Waals surface area contributed by atoms with Gasteiger partial charge in [0.2, 0.25) is 0 Å². The number of aromatic nitrogens is 1. The number of aryl methyl sites for hydroxylation is 1. The van der Waals surface area contributed by atoms with Crippen LogP contribution in [0.25, 0.3) is 10.9 Å². The number of halogens is 2. The van der Waals surface area contributed by atoms with Crippen LogP contribution in [0.3, 0.4) is 0 Å². The Morgan fingerprint density at radius 2 is 1.96 bits per heavy atom. The van der Waals surface area contributed by atoms with Crippen molar-refractivity contribution in [3.8, 4) is 0 Å². The molecule has 116 valence electrons. The van der Waals surface area contributed by atoms with Crippen molar-refractivity contribution in [3.63, 3.8) is 0 Å².